The van der Waals surface area contributed by atoms with Gasteiger partial charge in [0.15, 0.2) is 5.78 Å². The van der Waals surface area contributed by atoms with Gasteiger partial charge in [-0.2, -0.15) is 0 Å². The second-order valence-electron chi connectivity index (χ2n) is 7.08. The van der Waals surface area contributed by atoms with Crippen molar-refractivity contribution >= 4 is 11.9 Å². The number of ether oxygens (including phenoxy) is 1. The van der Waals surface area contributed by atoms with Crippen molar-refractivity contribution in [3.05, 3.63) is 0 Å². The summed E-state index contributed by atoms with van der Waals surface area (Å²) in [6.45, 7) is 9.25. The SMILES string of the molecule is CC(C)C(=O)[C@H](NC(=O)OC(C)(C)C)C1CCCCC1.[HH]. The van der Waals surface area contributed by atoms with E-state index in [1.807, 2.05) is 34.6 Å². The summed E-state index contributed by atoms with van der Waals surface area (Å²) in [5, 5.41) is 2.81. The predicted octanol–water partition coefficient (Wildman–Crippen LogP) is 3.93. The van der Waals surface area contributed by atoms with Crippen LogP contribution < -0.4 is 5.32 Å². The minimum Gasteiger partial charge on any atom is -0.444 e. The number of Topliss-reactive ketones (excluding diaryl/α,β-unsaturated/α-hetero) is 1. The quantitative estimate of drug-likeness (QED) is 0.851. The lowest BCUT2D eigenvalue weighted by molar-refractivity contribution is -0.125. The van der Waals surface area contributed by atoms with Crippen molar-refractivity contribution < 1.29 is 15.8 Å². The van der Waals surface area contributed by atoms with Gasteiger partial charge in [-0.1, -0.05) is 33.1 Å². The first-order valence-corrected chi connectivity index (χ1v) is 7.74. The third-order valence-electron chi connectivity index (χ3n) is 3.67. The molecule has 0 aromatic heterocycles. The average Bonchev–Trinajstić information content (AvgIpc) is 2.34. The minimum absolute atomic E-state index is 0. The number of alkyl carbamates (subject to hydrolysis) is 1. The molecule has 4 heteroatoms. The van der Waals surface area contributed by atoms with Crippen LogP contribution in [0.1, 0.15) is 68.1 Å². The zero-order valence-electron chi connectivity index (χ0n) is 13.5. The summed E-state index contributed by atoms with van der Waals surface area (Å²) in [4.78, 5) is 24.3. The fourth-order valence-electron chi connectivity index (χ4n) is 2.68. The molecule has 118 valence electrons. The number of carbonyl (C=O) groups excluding carboxylic acids is 2. The normalized spacial score (nSPS) is 18.7. The van der Waals surface area contributed by atoms with E-state index in [-0.39, 0.29) is 19.0 Å². The van der Waals surface area contributed by atoms with Gasteiger partial charge in [-0.05, 0) is 39.5 Å². The van der Waals surface area contributed by atoms with E-state index < -0.39 is 17.7 Å². The van der Waals surface area contributed by atoms with Gasteiger partial charge >= 0.3 is 6.09 Å². The van der Waals surface area contributed by atoms with Gasteiger partial charge in [-0.15, -0.1) is 0 Å². The van der Waals surface area contributed by atoms with Crippen LogP contribution in [0.4, 0.5) is 4.79 Å². The molecule has 0 aromatic carbocycles. The Morgan fingerprint density at radius 2 is 1.70 bits per heavy atom. The van der Waals surface area contributed by atoms with Gasteiger partial charge in [0.2, 0.25) is 0 Å². The van der Waals surface area contributed by atoms with E-state index in [0.717, 1.165) is 25.7 Å². The molecule has 4 nitrogen and oxygen atoms in total. The van der Waals surface area contributed by atoms with Crippen molar-refractivity contribution in [2.45, 2.75) is 78.4 Å². The number of nitrogens with one attached hydrogen (secondary N) is 1. The summed E-state index contributed by atoms with van der Waals surface area (Å²) in [5.74, 6) is 0.297. The molecule has 1 rings (SSSR count). The minimum atomic E-state index is -0.540. The van der Waals surface area contributed by atoms with Crippen LogP contribution in [0.15, 0.2) is 0 Å². The van der Waals surface area contributed by atoms with Crippen LogP contribution in [0.3, 0.4) is 0 Å². The highest BCUT2D eigenvalue weighted by molar-refractivity contribution is 5.89. The second kappa shape index (κ2) is 7.09. The molecule has 0 spiro atoms. The highest BCUT2D eigenvalue weighted by Crippen LogP contribution is 2.28. The molecule has 0 bridgehead atoms. The van der Waals surface area contributed by atoms with Crippen LogP contribution in [0.25, 0.3) is 0 Å². The van der Waals surface area contributed by atoms with E-state index in [1.54, 1.807) is 0 Å². The number of rotatable bonds is 4. The van der Waals surface area contributed by atoms with Gasteiger partial charge in [0.1, 0.15) is 5.60 Å². The zero-order valence-corrected chi connectivity index (χ0v) is 13.5. The molecule has 20 heavy (non-hydrogen) atoms. The highest BCUT2D eigenvalue weighted by Gasteiger charge is 2.33. The van der Waals surface area contributed by atoms with Crippen LogP contribution in [-0.4, -0.2) is 23.5 Å². The zero-order chi connectivity index (χ0) is 15.3. The highest BCUT2D eigenvalue weighted by atomic mass is 16.6. The molecular formula is C16H31NO3. The molecule has 0 unspecified atom stereocenters. The third kappa shape index (κ3) is 5.51. The average molecular weight is 285 g/mol. The lowest BCUT2D eigenvalue weighted by Crippen LogP contribution is -2.49. The summed E-state index contributed by atoms with van der Waals surface area (Å²) >= 11 is 0. The molecule has 1 saturated carbocycles. The smallest absolute Gasteiger partial charge is 0.408 e. The van der Waals surface area contributed by atoms with Gasteiger partial charge < -0.3 is 10.1 Å². The molecule has 1 atom stereocenters. The Morgan fingerprint density at radius 3 is 2.15 bits per heavy atom. The van der Waals surface area contributed by atoms with Crippen molar-refractivity contribution in [3.8, 4) is 0 Å². The Labute approximate surface area is 124 Å². The number of hydrogen-bond donors (Lipinski definition) is 1. The molecule has 0 aliphatic heterocycles. The van der Waals surface area contributed by atoms with E-state index in [9.17, 15) is 9.59 Å². The predicted molar refractivity (Wildman–Crippen MR) is 81.7 cm³/mol. The van der Waals surface area contributed by atoms with Crippen molar-refractivity contribution in [2.24, 2.45) is 11.8 Å². The maximum absolute atomic E-state index is 12.4. The van der Waals surface area contributed by atoms with Crippen molar-refractivity contribution in [1.82, 2.24) is 5.32 Å². The van der Waals surface area contributed by atoms with E-state index in [2.05, 4.69) is 5.32 Å². The fourth-order valence-corrected chi connectivity index (χ4v) is 2.68. The summed E-state index contributed by atoms with van der Waals surface area (Å²) < 4.78 is 5.29. The molecule has 1 aliphatic rings. The number of ketones is 1. The Morgan fingerprint density at radius 1 is 1.15 bits per heavy atom. The molecule has 0 aromatic rings. The molecule has 0 heterocycles. The van der Waals surface area contributed by atoms with Gasteiger partial charge in [0, 0.05) is 7.34 Å². The van der Waals surface area contributed by atoms with Gasteiger partial charge in [-0.25, -0.2) is 4.79 Å². The molecule has 1 N–H and O–H groups in total. The van der Waals surface area contributed by atoms with E-state index in [1.165, 1.54) is 6.42 Å². The summed E-state index contributed by atoms with van der Waals surface area (Å²) in [6.07, 6.45) is 5.05. The Hall–Kier alpha value is -1.06. The summed E-state index contributed by atoms with van der Waals surface area (Å²) in [5.41, 5.74) is -0.540. The molecule has 1 amide bonds. The van der Waals surface area contributed by atoms with Crippen molar-refractivity contribution in [1.29, 1.82) is 0 Å². The largest absolute Gasteiger partial charge is 0.444 e. The van der Waals surface area contributed by atoms with Crippen LogP contribution >= 0.6 is 0 Å². The fraction of sp³-hybridized carbons (Fsp3) is 0.875. The second-order valence-corrected chi connectivity index (χ2v) is 7.08. The first kappa shape index (κ1) is 17.0. The standard InChI is InChI=1S/C16H29NO3.H2/c1-11(2)14(18)13(12-9-7-6-8-10-12)17-15(19)20-16(3,4)5;/h11-13H,6-10H2,1-5H3,(H,17,19);1H/t13-;/m1./s1. The first-order chi connectivity index (χ1) is 9.20. The Kier molecular flexibility index (Phi) is 6.03. The lowest BCUT2D eigenvalue weighted by atomic mass is 9.80. The maximum atomic E-state index is 12.4. The Bertz CT molecular complexity index is 344. The van der Waals surface area contributed by atoms with Gasteiger partial charge in [0.05, 0.1) is 6.04 Å². The summed E-state index contributed by atoms with van der Waals surface area (Å²) in [6, 6.07) is -0.398. The topological polar surface area (TPSA) is 55.4 Å². The van der Waals surface area contributed by atoms with Crippen LogP contribution in [0.2, 0.25) is 0 Å². The van der Waals surface area contributed by atoms with Gasteiger partial charge in [0.25, 0.3) is 0 Å². The van der Waals surface area contributed by atoms with Crippen LogP contribution in [0.5, 0.6) is 0 Å². The van der Waals surface area contributed by atoms with E-state index in [0.29, 0.717) is 0 Å². The molecule has 1 aliphatic carbocycles. The Balaban J connectivity index is 0.00000400. The number of amides is 1. The van der Waals surface area contributed by atoms with E-state index in [4.69, 9.17) is 4.74 Å². The van der Waals surface area contributed by atoms with E-state index >= 15 is 0 Å². The number of carbonyl (C=O) groups is 2. The molecular weight excluding hydrogens is 254 g/mol. The van der Waals surface area contributed by atoms with Crippen LogP contribution in [-0.2, 0) is 9.53 Å². The number of hydrogen-bond acceptors (Lipinski definition) is 3. The van der Waals surface area contributed by atoms with Crippen molar-refractivity contribution in [3.63, 3.8) is 0 Å². The van der Waals surface area contributed by atoms with Gasteiger partial charge in [-0.3, -0.25) is 4.79 Å². The first-order valence-electron chi connectivity index (χ1n) is 7.74. The lowest BCUT2D eigenvalue weighted by Gasteiger charge is -2.31. The third-order valence-corrected chi connectivity index (χ3v) is 3.67. The molecule has 0 radical (unpaired) electrons. The molecule has 0 saturated heterocycles. The maximum Gasteiger partial charge on any atom is 0.408 e. The monoisotopic (exact) mass is 285 g/mol. The van der Waals surface area contributed by atoms with Crippen molar-refractivity contribution in [2.75, 3.05) is 0 Å². The molecule has 1 fully saturated rings. The van der Waals surface area contributed by atoms with Crippen LogP contribution in [0, 0.1) is 11.8 Å². The summed E-state index contributed by atoms with van der Waals surface area (Å²) in [7, 11) is 0.